The lowest BCUT2D eigenvalue weighted by Crippen LogP contribution is -2.40. The fraction of sp³-hybridized carbons (Fsp3) is 0.227. The molecule has 2 aromatic carbocycles. The Labute approximate surface area is 177 Å². The van der Waals surface area contributed by atoms with Crippen LogP contribution < -0.4 is 0 Å². The number of thiocarbonyl (C=S) groups is 1. The first-order valence-electron chi connectivity index (χ1n) is 9.55. The molecule has 5 rings (SSSR count). The first-order chi connectivity index (χ1) is 14.2. The number of carbonyl (C=O) groups is 1. The quantitative estimate of drug-likeness (QED) is 0.350. The van der Waals surface area contributed by atoms with Crippen LogP contribution in [0.25, 0.3) is 27.0 Å². The van der Waals surface area contributed by atoms with E-state index in [1.54, 1.807) is 0 Å². The lowest BCUT2D eigenvalue weighted by atomic mass is 10.0. The topological polar surface area (TPSA) is 50.0 Å². The molecule has 5 nitrogen and oxygen atoms in total. The van der Waals surface area contributed by atoms with Crippen molar-refractivity contribution in [1.29, 1.82) is 0 Å². The number of aromatic nitrogens is 2. The van der Waals surface area contributed by atoms with Crippen molar-refractivity contribution in [3.05, 3.63) is 59.7 Å². The minimum atomic E-state index is 0.0174. The molecular formula is C22H18N4OS2. The molecule has 1 fully saturated rings. The molecule has 0 atom stereocenters. The predicted octanol–water partition coefficient (Wildman–Crippen LogP) is 4.92. The zero-order chi connectivity index (χ0) is 19.8. The lowest BCUT2D eigenvalue weighted by molar-refractivity contribution is 0.0709. The van der Waals surface area contributed by atoms with E-state index in [2.05, 4.69) is 34.4 Å². The number of rotatable bonds is 3. The highest BCUT2D eigenvalue weighted by Crippen LogP contribution is 2.30. The van der Waals surface area contributed by atoms with E-state index in [1.807, 2.05) is 39.1 Å². The number of amides is 1. The van der Waals surface area contributed by atoms with Crippen LogP contribution >= 0.6 is 23.6 Å². The Hall–Kier alpha value is -2.86. The molecule has 0 spiro atoms. The number of thiazole rings is 1. The summed E-state index contributed by atoms with van der Waals surface area (Å²) in [4.78, 5) is 25.2. The highest BCUT2D eigenvalue weighted by molar-refractivity contribution is 7.78. The van der Waals surface area contributed by atoms with Crippen LogP contribution in [0.1, 0.15) is 23.3 Å². The number of imidazole rings is 1. The van der Waals surface area contributed by atoms with Gasteiger partial charge in [-0.3, -0.25) is 9.20 Å². The van der Waals surface area contributed by atoms with Crippen molar-refractivity contribution in [3.8, 4) is 11.3 Å². The SMILES string of the molecule is O=C(c1c(-c2ccc3ccccc3c2)nc2sccn12)N1CCC(N=C=S)CC1. The third-order valence-electron chi connectivity index (χ3n) is 5.47. The maximum atomic E-state index is 13.5. The smallest absolute Gasteiger partial charge is 0.273 e. The number of benzene rings is 2. The normalized spacial score (nSPS) is 15.0. The van der Waals surface area contributed by atoms with Crippen LogP contribution in [-0.4, -0.2) is 44.5 Å². The van der Waals surface area contributed by atoms with Crippen molar-refractivity contribution in [2.45, 2.75) is 18.9 Å². The largest absolute Gasteiger partial charge is 0.337 e. The molecule has 1 amide bonds. The summed E-state index contributed by atoms with van der Waals surface area (Å²) >= 11 is 6.26. The molecule has 0 unspecified atom stereocenters. The van der Waals surface area contributed by atoms with Gasteiger partial charge in [-0.1, -0.05) is 36.4 Å². The number of likely N-dealkylation sites (tertiary alicyclic amines) is 1. The highest BCUT2D eigenvalue weighted by Gasteiger charge is 2.29. The van der Waals surface area contributed by atoms with E-state index in [9.17, 15) is 4.79 Å². The first-order valence-corrected chi connectivity index (χ1v) is 10.8. The third kappa shape index (κ3) is 3.27. The minimum absolute atomic E-state index is 0.0174. The van der Waals surface area contributed by atoms with E-state index in [4.69, 9.17) is 17.2 Å². The van der Waals surface area contributed by atoms with Crippen molar-refractivity contribution in [2.24, 2.45) is 4.99 Å². The molecule has 29 heavy (non-hydrogen) atoms. The molecule has 0 N–H and O–H groups in total. The number of piperidine rings is 1. The molecule has 0 bridgehead atoms. The molecule has 1 saturated heterocycles. The van der Waals surface area contributed by atoms with Gasteiger partial charge in [-0.25, -0.2) is 9.98 Å². The minimum Gasteiger partial charge on any atom is -0.337 e. The molecule has 3 heterocycles. The summed E-state index contributed by atoms with van der Waals surface area (Å²) in [7, 11) is 0. The van der Waals surface area contributed by atoms with Crippen LogP contribution in [-0.2, 0) is 0 Å². The number of carbonyl (C=O) groups excluding carboxylic acids is 1. The second-order valence-corrected chi connectivity index (χ2v) is 8.23. The summed E-state index contributed by atoms with van der Waals surface area (Å²) in [6.07, 6.45) is 3.55. The lowest BCUT2D eigenvalue weighted by Gasteiger charge is -2.29. The van der Waals surface area contributed by atoms with Gasteiger partial charge in [0.25, 0.3) is 5.91 Å². The Morgan fingerprint density at radius 1 is 1.17 bits per heavy atom. The first kappa shape index (κ1) is 18.2. The Morgan fingerprint density at radius 3 is 2.76 bits per heavy atom. The van der Waals surface area contributed by atoms with E-state index in [0.29, 0.717) is 18.8 Å². The summed E-state index contributed by atoms with van der Waals surface area (Å²) in [6, 6.07) is 14.6. The Kier molecular flexibility index (Phi) is 4.72. The average Bonchev–Trinajstić information content (AvgIpc) is 3.35. The Balaban J connectivity index is 1.55. The molecule has 4 aromatic rings. The van der Waals surface area contributed by atoms with Gasteiger partial charge in [-0.2, -0.15) is 0 Å². The standard InChI is InChI=1S/C22H18N4OS2/c27-21(25-9-7-18(8-10-25)23-14-28)20-19(24-22-26(20)11-12-29-22)17-6-5-15-3-1-2-4-16(15)13-17/h1-6,11-13,18H,7-10H2. The average molecular weight is 419 g/mol. The number of aliphatic imine (C=N–C) groups is 1. The molecule has 2 aromatic heterocycles. The fourth-order valence-corrected chi connectivity index (χ4v) is 4.81. The van der Waals surface area contributed by atoms with Gasteiger partial charge in [-0.05, 0) is 41.9 Å². The maximum Gasteiger partial charge on any atom is 0.273 e. The predicted molar refractivity (Wildman–Crippen MR) is 120 cm³/mol. The van der Waals surface area contributed by atoms with Gasteiger partial charge in [0, 0.05) is 30.2 Å². The molecule has 144 valence electrons. The summed E-state index contributed by atoms with van der Waals surface area (Å²) in [6.45, 7) is 1.33. The second kappa shape index (κ2) is 7.52. The van der Waals surface area contributed by atoms with Crippen molar-refractivity contribution in [2.75, 3.05) is 13.1 Å². The molecule has 0 radical (unpaired) electrons. The van der Waals surface area contributed by atoms with Crippen LogP contribution in [0.3, 0.4) is 0 Å². The van der Waals surface area contributed by atoms with Crippen LogP contribution in [0.2, 0.25) is 0 Å². The number of hydrogen-bond acceptors (Lipinski definition) is 5. The van der Waals surface area contributed by atoms with Crippen molar-refractivity contribution in [3.63, 3.8) is 0 Å². The van der Waals surface area contributed by atoms with E-state index >= 15 is 0 Å². The van der Waals surface area contributed by atoms with E-state index in [0.717, 1.165) is 34.4 Å². The maximum absolute atomic E-state index is 13.5. The van der Waals surface area contributed by atoms with Crippen LogP contribution in [0.5, 0.6) is 0 Å². The molecule has 1 aliphatic rings. The molecule has 0 saturated carbocycles. The summed E-state index contributed by atoms with van der Waals surface area (Å²) in [5, 5.41) is 6.74. The van der Waals surface area contributed by atoms with Crippen LogP contribution in [0.4, 0.5) is 0 Å². The number of hydrogen-bond donors (Lipinski definition) is 0. The molecular weight excluding hydrogens is 400 g/mol. The highest BCUT2D eigenvalue weighted by atomic mass is 32.1. The van der Waals surface area contributed by atoms with Gasteiger partial charge in [0.15, 0.2) is 4.96 Å². The summed E-state index contributed by atoms with van der Waals surface area (Å²) in [5.74, 6) is 0.0174. The van der Waals surface area contributed by atoms with Crippen molar-refractivity contribution >= 4 is 50.4 Å². The fourth-order valence-electron chi connectivity index (χ4n) is 3.95. The molecule has 1 aliphatic heterocycles. The van der Waals surface area contributed by atoms with Gasteiger partial charge in [0.05, 0.1) is 11.2 Å². The number of fused-ring (bicyclic) bond motifs is 2. The Bertz CT molecular complexity index is 1260. The van der Waals surface area contributed by atoms with Crippen molar-refractivity contribution < 1.29 is 4.79 Å². The monoisotopic (exact) mass is 418 g/mol. The van der Waals surface area contributed by atoms with Crippen molar-refractivity contribution in [1.82, 2.24) is 14.3 Å². The van der Waals surface area contributed by atoms with E-state index in [1.165, 1.54) is 16.7 Å². The Morgan fingerprint density at radius 2 is 1.97 bits per heavy atom. The number of nitrogens with zero attached hydrogens (tertiary/aromatic N) is 4. The zero-order valence-corrected chi connectivity index (χ0v) is 17.2. The number of isothiocyanates is 1. The van der Waals surface area contributed by atoms with Gasteiger partial charge in [-0.15, -0.1) is 11.3 Å². The van der Waals surface area contributed by atoms with Crippen LogP contribution in [0.15, 0.2) is 59.0 Å². The van der Waals surface area contributed by atoms with E-state index in [-0.39, 0.29) is 11.9 Å². The van der Waals surface area contributed by atoms with Crippen LogP contribution in [0, 0.1) is 0 Å². The second-order valence-electron chi connectivity index (χ2n) is 7.17. The van der Waals surface area contributed by atoms with Gasteiger partial charge >= 0.3 is 0 Å². The van der Waals surface area contributed by atoms with Gasteiger partial charge in [0.1, 0.15) is 11.4 Å². The zero-order valence-electron chi connectivity index (χ0n) is 15.6. The summed E-state index contributed by atoms with van der Waals surface area (Å²) < 4.78 is 1.92. The van der Waals surface area contributed by atoms with Gasteiger partial charge < -0.3 is 4.90 Å². The van der Waals surface area contributed by atoms with Gasteiger partial charge in [0.2, 0.25) is 0 Å². The van der Waals surface area contributed by atoms with E-state index < -0.39 is 0 Å². The molecule has 0 aliphatic carbocycles. The summed E-state index contributed by atoms with van der Waals surface area (Å²) in [5.41, 5.74) is 2.34. The third-order valence-corrected chi connectivity index (χ3v) is 6.34. The molecule has 7 heteroatoms.